The SMILES string of the molecule is CCC(=O)N1c2ccc(C)cc2[C@H](N(C(=O)Nc2ccccc2)c2ccc(C)cc2)C[C@@H]1C. The van der Waals surface area contributed by atoms with Gasteiger partial charge in [-0.15, -0.1) is 0 Å². The molecular weight excluding hydrogens is 410 g/mol. The van der Waals surface area contributed by atoms with Crippen LogP contribution in [0.3, 0.4) is 0 Å². The van der Waals surface area contributed by atoms with Crippen LogP contribution in [0.15, 0.2) is 72.8 Å². The normalized spacial score (nSPS) is 17.3. The molecule has 3 aromatic carbocycles. The molecule has 170 valence electrons. The number of hydrogen-bond donors (Lipinski definition) is 1. The summed E-state index contributed by atoms with van der Waals surface area (Å²) >= 11 is 0. The van der Waals surface area contributed by atoms with Crippen molar-refractivity contribution < 1.29 is 9.59 Å². The van der Waals surface area contributed by atoms with E-state index in [-0.39, 0.29) is 24.0 Å². The van der Waals surface area contributed by atoms with Crippen LogP contribution >= 0.6 is 0 Å². The third-order valence-electron chi connectivity index (χ3n) is 6.25. The molecule has 4 rings (SSSR count). The van der Waals surface area contributed by atoms with Crippen molar-refractivity contribution in [1.82, 2.24) is 0 Å². The molecule has 0 radical (unpaired) electrons. The number of carbonyl (C=O) groups excluding carboxylic acids is 2. The number of rotatable bonds is 4. The summed E-state index contributed by atoms with van der Waals surface area (Å²) in [6, 6.07) is 23.3. The van der Waals surface area contributed by atoms with Crippen LogP contribution in [0.1, 0.15) is 49.4 Å². The molecule has 0 fully saturated rings. The van der Waals surface area contributed by atoms with Crippen LogP contribution in [0, 0.1) is 13.8 Å². The number of nitrogens with zero attached hydrogens (tertiary/aromatic N) is 2. The second-order valence-corrected chi connectivity index (χ2v) is 8.78. The van der Waals surface area contributed by atoms with E-state index in [0.717, 1.165) is 33.8 Å². The summed E-state index contributed by atoms with van der Waals surface area (Å²) < 4.78 is 0. The number of benzene rings is 3. The largest absolute Gasteiger partial charge is 0.326 e. The number of para-hydroxylation sites is 1. The minimum Gasteiger partial charge on any atom is -0.309 e. The van der Waals surface area contributed by atoms with Gasteiger partial charge in [0.15, 0.2) is 0 Å². The van der Waals surface area contributed by atoms with E-state index in [0.29, 0.717) is 12.8 Å². The number of hydrogen-bond acceptors (Lipinski definition) is 2. The van der Waals surface area contributed by atoms with E-state index < -0.39 is 0 Å². The van der Waals surface area contributed by atoms with Crippen LogP contribution in [0.25, 0.3) is 0 Å². The Morgan fingerprint density at radius 2 is 1.64 bits per heavy atom. The van der Waals surface area contributed by atoms with Crippen molar-refractivity contribution in [2.24, 2.45) is 0 Å². The minimum absolute atomic E-state index is 0.0323. The zero-order valence-electron chi connectivity index (χ0n) is 19.7. The lowest BCUT2D eigenvalue weighted by Crippen LogP contribution is -2.48. The molecule has 1 heterocycles. The van der Waals surface area contributed by atoms with E-state index in [2.05, 4.69) is 18.3 Å². The van der Waals surface area contributed by atoms with Crippen molar-refractivity contribution in [3.63, 3.8) is 0 Å². The van der Waals surface area contributed by atoms with Gasteiger partial charge in [0, 0.05) is 29.5 Å². The third kappa shape index (κ3) is 4.63. The van der Waals surface area contributed by atoms with Gasteiger partial charge in [-0.2, -0.15) is 0 Å². The Hall–Kier alpha value is -3.60. The quantitative estimate of drug-likeness (QED) is 0.495. The first-order valence-electron chi connectivity index (χ1n) is 11.5. The summed E-state index contributed by atoms with van der Waals surface area (Å²) in [5, 5.41) is 3.06. The summed E-state index contributed by atoms with van der Waals surface area (Å²) in [7, 11) is 0. The monoisotopic (exact) mass is 441 g/mol. The molecule has 1 aliphatic heterocycles. The number of amides is 3. The fourth-order valence-corrected chi connectivity index (χ4v) is 4.60. The molecule has 1 aliphatic rings. The molecule has 0 saturated carbocycles. The third-order valence-corrected chi connectivity index (χ3v) is 6.25. The molecule has 33 heavy (non-hydrogen) atoms. The molecule has 0 unspecified atom stereocenters. The average molecular weight is 442 g/mol. The molecule has 0 saturated heterocycles. The van der Waals surface area contributed by atoms with E-state index in [1.807, 2.05) is 97.3 Å². The first-order chi connectivity index (χ1) is 15.9. The van der Waals surface area contributed by atoms with Crippen molar-refractivity contribution in [3.05, 3.63) is 89.5 Å². The maximum Gasteiger partial charge on any atom is 0.326 e. The van der Waals surface area contributed by atoms with Crippen molar-refractivity contribution in [3.8, 4) is 0 Å². The molecule has 5 heteroatoms. The molecule has 5 nitrogen and oxygen atoms in total. The van der Waals surface area contributed by atoms with Gasteiger partial charge >= 0.3 is 6.03 Å². The topological polar surface area (TPSA) is 52.7 Å². The zero-order valence-corrected chi connectivity index (χ0v) is 19.7. The number of nitrogens with one attached hydrogen (secondary N) is 1. The summed E-state index contributed by atoms with van der Waals surface area (Å²) in [4.78, 5) is 30.3. The van der Waals surface area contributed by atoms with E-state index in [9.17, 15) is 9.59 Å². The Kier molecular flexibility index (Phi) is 6.50. The molecule has 0 bridgehead atoms. The number of fused-ring (bicyclic) bond motifs is 1. The standard InChI is InChI=1S/C28H31N3O2/c1-5-27(32)30-21(4)18-26(24-17-20(3)13-16-25(24)30)31(23-14-11-19(2)12-15-23)28(33)29-22-9-7-6-8-10-22/h6-17,21,26H,5,18H2,1-4H3,(H,29,33)/t21-,26+/m0/s1. The summed E-state index contributed by atoms with van der Waals surface area (Å²) in [6.45, 7) is 8.03. The van der Waals surface area contributed by atoms with Crippen molar-refractivity contribution in [1.29, 1.82) is 0 Å². The van der Waals surface area contributed by atoms with Crippen LogP contribution in [-0.2, 0) is 4.79 Å². The highest BCUT2D eigenvalue weighted by molar-refractivity contribution is 6.03. The predicted octanol–water partition coefficient (Wildman–Crippen LogP) is 6.62. The Bertz CT molecular complexity index is 1140. The van der Waals surface area contributed by atoms with Gasteiger partial charge in [-0.1, -0.05) is 60.5 Å². The number of aryl methyl sites for hydroxylation is 2. The minimum atomic E-state index is -0.206. The Morgan fingerprint density at radius 1 is 0.970 bits per heavy atom. The maximum absolute atomic E-state index is 13.7. The lowest BCUT2D eigenvalue weighted by molar-refractivity contribution is -0.118. The van der Waals surface area contributed by atoms with Gasteiger partial charge in [0.25, 0.3) is 0 Å². The fraction of sp³-hybridized carbons (Fsp3) is 0.286. The van der Waals surface area contributed by atoms with Gasteiger partial charge in [0.2, 0.25) is 5.91 Å². The highest BCUT2D eigenvalue weighted by Gasteiger charge is 2.38. The van der Waals surface area contributed by atoms with E-state index in [1.54, 1.807) is 0 Å². The lowest BCUT2D eigenvalue weighted by atomic mass is 9.89. The van der Waals surface area contributed by atoms with Crippen LogP contribution < -0.4 is 15.1 Å². The predicted molar refractivity (Wildman–Crippen MR) is 135 cm³/mol. The van der Waals surface area contributed by atoms with Crippen molar-refractivity contribution in [2.45, 2.75) is 52.6 Å². The van der Waals surface area contributed by atoms with Crippen LogP contribution in [-0.4, -0.2) is 18.0 Å². The number of anilines is 3. The van der Waals surface area contributed by atoms with Gasteiger partial charge in [-0.3, -0.25) is 9.69 Å². The first-order valence-corrected chi connectivity index (χ1v) is 11.5. The van der Waals surface area contributed by atoms with E-state index in [4.69, 9.17) is 0 Å². The van der Waals surface area contributed by atoms with E-state index >= 15 is 0 Å². The van der Waals surface area contributed by atoms with Gasteiger partial charge in [-0.25, -0.2) is 4.79 Å². The van der Waals surface area contributed by atoms with Crippen LogP contribution in [0.4, 0.5) is 21.9 Å². The van der Waals surface area contributed by atoms with Gasteiger partial charge in [0.1, 0.15) is 0 Å². The molecule has 3 amide bonds. The summed E-state index contributed by atoms with van der Waals surface area (Å²) in [6.07, 6.45) is 1.09. The highest BCUT2D eigenvalue weighted by atomic mass is 16.2. The van der Waals surface area contributed by atoms with Crippen molar-refractivity contribution in [2.75, 3.05) is 15.1 Å². The lowest BCUT2D eigenvalue weighted by Gasteiger charge is -2.43. The van der Waals surface area contributed by atoms with Gasteiger partial charge in [0.05, 0.1) is 6.04 Å². The molecule has 1 N–H and O–H groups in total. The highest BCUT2D eigenvalue weighted by Crippen LogP contribution is 2.43. The second kappa shape index (κ2) is 9.49. The molecule has 0 aromatic heterocycles. The molecule has 2 atom stereocenters. The molecule has 3 aromatic rings. The number of urea groups is 1. The Morgan fingerprint density at radius 3 is 2.30 bits per heavy atom. The summed E-state index contributed by atoms with van der Waals surface area (Å²) in [5.74, 6) is 0.0988. The fourth-order valence-electron chi connectivity index (χ4n) is 4.60. The second-order valence-electron chi connectivity index (χ2n) is 8.78. The van der Waals surface area contributed by atoms with Crippen molar-refractivity contribution >= 4 is 29.0 Å². The Balaban J connectivity index is 1.82. The van der Waals surface area contributed by atoms with Gasteiger partial charge in [-0.05, 0) is 63.1 Å². The van der Waals surface area contributed by atoms with Gasteiger partial charge < -0.3 is 10.2 Å². The Labute approximate surface area is 196 Å². The average Bonchev–Trinajstić information content (AvgIpc) is 2.81. The number of carbonyl (C=O) groups is 2. The smallest absolute Gasteiger partial charge is 0.309 e. The van der Waals surface area contributed by atoms with Crippen LogP contribution in [0.2, 0.25) is 0 Å². The van der Waals surface area contributed by atoms with E-state index in [1.165, 1.54) is 0 Å². The van der Waals surface area contributed by atoms with Crippen LogP contribution in [0.5, 0.6) is 0 Å². The maximum atomic E-state index is 13.7. The molecule has 0 aliphatic carbocycles. The zero-order chi connectivity index (χ0) is 23.5. The molecule has 0 spiro atoms. The first kappa shape index (κ1) is 22.6. The summed E-state index contributed by atoms with van der Waals surface area (Å²) in [5.41, 5.74) is 5.70. The molecular formula is C28H31N3O2.